The Kier molecular flexibility index (Phi) is 6.12. The van der Waals surface area contributed by atoms with E-state index in [0.29, 0.717) is 35.3 Å². The lowest BCUT2D eigenvalue weighted by Gasteiger charge is -2.35. The number of H-pyrrole nitrogens is 1. The van der Waals surface area contributed by atoms with Crippen LogP contribution in [0.3, 0.4) is 0 Å². The third kappa shape index (κ3) is 5.02. The van der Waals surface area contributed by atoms with E-state index >= 15 is 0 Å². The lowest BCUT2D eigenvalue weighted by atomic mass is 9.86. The summed E-state index contributed by atoms with van der Waals surface area (Å²) in [7, 11) is -3.72. The van der Waals surface area contributed by atoms with Gasteiger partial charge in [-0.15, -0.1) is 0 Å². The van der Waals surface area contributed by atoms with E-state index in [2.05, 4.69) is 20.3 Å². The fourth-order valence-corrected chi connectivity index (χ4v) is 5.44. The van der Waals surface area contributed by atoms with Crippen LogP contribution in [0.4, 0.5) is 4.39 Å². The van der Waals surface area contributed by atoms with Crippen LogP contribution >= 0.6 is 11.6 Å². The second kappa shape index (κ2) is 8.57. The maximum absolute atomic E-state index is 13.1. The number of nitrogens with one attached hydrogen (secondary N) is 2. The predicted molar refractivity (Wildman–Crippen MR) is 119 cm³/mol. The first-order valence-electron chi connectivity index (χ1n) is 10.4. The number of aromatic nitrogens is 3. The number of amides is 1. The number of carbonyl (C=O) groups is 1. The highest BCUT2D eigenvalue weighted by molar-refractivity contribution is 7.92. The highest BCUT2D eigenvalue weighted by Gasteiger charge is 2.38. The zero-order chi connectivity index (χ0) is 23.1. The van der Waals surface area contributed by atoms with E-state index < -0.39 is 21.7 Å². The maximum Gasteiger partial charge on any atom is 0.245 e. The maximum atomic E-state index is 13.1. The Morgan fingerprint density at radius 3 is 2.78 bits per heavy atom. The van der Waals surface area contributed by atoms with E-state index in [1.807, 2.05) is 13.8 Å². The molecule has 172 valence electrons. The van der Waals surface area contributed by atoms with Crippen LogP contribution in [0.1, 0.15) is 44.7 Å². The van der Waals surface area contributed by atoms with Crippen molar-refractivity contribution in [3.05, 3.63) is 46.5 Å². The summed E-state index contributed by atoms with van der Waals surface area (Å²) in [5.74, 6) is -0.480. The van der Waals surface area contributed by atoms with Crippen LogP contribution in [-0.4, -0.2) is 52.2 Å². The minimum absolute atomic E-state index is 0.0299. The molecule has 0 aromatic carbocycles. The Bertz CT molecular complexity index is 1140. The van der Waals surface area contributed by atoms with Crippen molar-refractivity contribution in [1.82, 2.24) is 24.6 Å². The van der Waals surface area contributed by atoms with Crippen molar-refractivity contribution in [2.45, 2.75) is 44.6 Å². The van der Waals surface area contributed by atoms with Crippen molar-refractivity contribution in [3.8, 4) is 11.5 Å². The van der Waals surface area contributed by atoms with Gasteiger partial charge in [0, 0.05) is 30.6 Å². The third-order valence-corrected chi connectivity index (χ3v) is 7.89. The van der Waals surface area contributed by atoms with Crippen LogP contribution in [0.15, 0.2) is 29.8 Å². The van der Waals surface area contributed by atoms with Gasteiger partial charge in [-0.05, 0) is 44.2 Å². The summed E-state index contributed by atoms with van der Waals surface area (Å²) < 4.78 is 40.0. The molecule has 0 spiro atoms. The number of carbonyl (C=O) groups excluding carboxylic acids is 1. The van der Waals surface area contributed by atoms with Gasteiger partial charge >= 0.3 is 0 Å². The molecule has 1 saturated heterocycles. The molecule has 1 aliphatic carbocycles. The molecule has 0 bridgehead atoms. The molecular formula is C21H25ClFN5O3S. The highest BCUT2D eigenvalue weighted by atomic mass is 35.5. The molecule has 0 radical (unpaired) electrons. The number of halogens is 2. The topological polar surface area (TPSA) is 108 Å². The second-order valence-corrected chi connectivity index (χ2v) is 11.0. The van der Waals surface area contributed by atoms with Gasteiger partial charge in [-0.25, -0.2) is 22.8 Å². The summed E-state index contributed by atoms with van der Waals surface area (Å²) in [5, 5.41) is 4.08. The largest absolute Gasteiger partial charge is 0.347 e. The fourth-order valence-electron chi connectivity index (χ4n) is 3.90. The molecule has 1 saturated carbocycles. The van der Waals surface area contributed by atoms with E-state index in [1.54, 1.807) is 0 Å². The zero-order valence-corrected chi connectivity index (χ0v) is 19.4. The fraction of sp³-hybridized carbons (Fsp3) is 0.476. The number of piperidine rings is 1. The number of hydrogen-bond acceptors (Lipinski definition) is 5. The van der Waals surface area contributed by atoms with Gasteiger partial charge in [0.2, 0.25) is 15.9 Å². The number of imidazole rings is 1. The molecular weight excluding hydrogens is 457 g/mol. The van der Waals surface area contributed by atoms with E-state index in [0.717, 1.165) is 30.5 Å². The van der Waals surface area contributed by atoms with Crippen molar-refractivity contribution < 1.29 is 17.6 Å². The van der Waals surface area contributed by atoms with Gasteiger partial charge < -0.3 is 10.3 Å². The van der Waals surface area contributed by atoms with Gasteiger partial charge in [-0.3, -0.25) is 4.79 Å². The van der Waals surface area contributed by atoms with Gasteiger partial charge in [0.25, 0.3) is 0 Å². The molecule has 11 heteroatoms. The lowest BCUT2D eigenvalue weighted by Crippen LogP contribution is -2.41. The number of aromatic amines is 1. The van der Waals surface area contributed by atoms with Crippen molar-refractivity contribution in [3.63, 3.8) is 0 Å². The van der Waals surface area contributed by atoms with E-state index in [9.17, 15) is 17.6 Å². The van der Waals surface area contributed by atoms with Crippen LogP contribution in [0.2, 0.25) is 5.15 Å². The van der Waals surface area contributed by atoms with E-state index in [-0.39, 0.29) is 23.9 Å². The van der Waals surface area contributed by atoms with E-state index in [4.69, 9.17) is 11.6 Å². The van der Waals surface area contributed by atoms with Gasteiger partial charge in [0.05, 0.1) is 17.3 Å². The van der Waals surface area contributed by atoms with Crippen molar-refractivity contribution >= 4 is 27.5 Å². The quantitative estimate of drug-likeness (QED) is 0.616. The van der Waals surface area contributed by atoms with Gasteiger partial charge in [0.15, 0.2) is 11.0 Å². The summed E-state index contributed by atoms with van der Waals surface area (Å²) >= 11 is 6.36. The van der Waals surface area contributed by atoms with Crippen molar-refractivity contribution in [2.24, 2.45) is 5.92 Å². The van der Waals surface area contributed by atoms with Crippen LogP contribution in [-0.2, 0) is 14.8 Å². The van der Waals surface area contributed by atoms with Gasteiger partial charge in [-0.2, -0.15) is 4.31 Å². The van der Waals surface area contributed by atoms with Crippen molar-refractivity contribution in [2.75, 3.05) is 13.1 Å². The average molecular weight is 482 g/mol. The van der Waals surface area contributed by atoms with E-state index in [1.165, 1.54) is 16.4 Å². The first-order valence-corrected chi connectivity index (χ1v) is 12.3. The summed E-state index contributed by atoms with van der Waals surface area (Å²) in [6, 6.07) is 2.81. The predicted octanol–water partition coefficient (Wildman–Crippen LogP) is 3.20. The summed E-state index contributed by atoms with van der Waals surface area (Å²) in [6.07, 6.45) is 4.54. The Morgan fingerprint density at radius 2 is 2.16 bits per heavy atom. The molecule has 2 fully saturated rings. The Hall–Kier alpha value is -2.30. The first kappa shape index (κ1) is 22.9. The Morgan fingerprint density at radius 1 is 1.41 bits per heavy atom. The standard InChI is InChI=1S/C21H25ClFN5O3S/c1-13-12-28(32(30,31)10-6-17(29)27-21(2)7-8-21)9-5-15(13)18-19(22)26-20(25-18)16-4-3-14(23)11-24-16/h3-4,6,10-11,13,15H,5,7-9,12H2,1-2H3,(H,25,26)(H,27,29)/t13-,15+/m0/s1. The lowest BCUT2D eigenvalue weighted by molar-refractivity contribution is -0.117. The molecule has 0 unspecified atom stereocenters. The second-order valence-electron chi connectivity index (χ2n) is 8.78. The van der Waals surface area contributed by atoms with Crippen molar-refractivity contribution in [1.29, 1.82) is 0 Å². The minimum Gasteiger partial charge on any atom is -0.347 e. The van der Waals surface area contributed by atoms with Crippen LogP contribution in [0.5, 0.6) is 0 Å². The minimum atomic E-state index is -3.72. The number of pyridine rings is 1. The number of rotatable bonds is 6. The van der Waals surface area contributed by atoms with Crippen LogP contribution in [0, 0.1) is 11.7 Å². The SMILES string of the molecule is C[C@H]1CN(S(=O)(=O)C=CC(=O)NC2(C)CC2)CC[C@H]1c1[nH]c(-c2ccc(F)cn2)nc1Cl. The zero-order valence-electron chi connectivity index (χ0n) is 17.8. The Labute approximate surface area is 191 Å². The summed E-state index contributed by atoms with van der Waals surface area (Å²) in [4.78, 5) is 23.5. The molecule has 32 heavy (non-hydrogen) atoms. The molecule has 2 N–H and O–H groups in total. The molecule has 2 aromatic heterocycles. The molecule has 2 aromatic rings. The third-order valence-electron chi connectivity index (χ3n) is 6.07. The highest BCUT2D eigenvalue weighted by Crippen LogP contribution is 2.37. The van der Waals surface area contributed by atoms with Crippen LogP contribution < -0.4 is 5.32 Å². The molecule has 2 aliphatic rings. The molecule has 2 atom stereocenters. The Balaban J connectivity index is 1.43. The van der Waals surface area contributed by atoms with Gasteiger partial charge in [0.1, 0.15) is 11.5 Å². The molecule has 1 amide bonds. The smallest absolute Gasteiger partial charge is 0.245 e. The number of hydrogen-bond donors (Lipinski definition) is 2. The monoisotopic (exact) mass is 481 g/mol. The molecule has 4 rings (SSSR count). The number of nitrogens with zero attached hydrogens (tertiary/aromatic N) is 3. The average Bonchev–Trinajstić information content (AvgIpc) is 3.34. The van der Waals surface area contributed by atoms with Gasteiger partial charge in [-0.1, -0.05) is 18.5 Å². The normalized spacial score (nSPS) is 23.4. The summed E-state index contributed by atoms with van der Waals surface area (Å²) in [6.45, 7) is 4.46. The molecule has 1 aliphatic heterocycles. The number of sulfonamides is 1. The van der Waals surface area contributed by atoms with Crippen LogP contribution in [0.25, 0.3) is 11.5 Å². The summed E-state index contributed by atoms with van der Waals surface area (Å²) in [5.41, 5.74) is 0.976. The molecule has 8 nitrogen and oxygen atoms in total. The first-order chi connectivity index (χ1) is 15.1. The molecule has 3 heterocycles.